The highest BCUT2D eigenvalue weighted by atomic mass is 31.2. The second-order valence-corrected chi connectivity index (χ2v) is 15.1. The first-order chi connectivity index (χ1) is 24.8. The van der Waals surface area contributed by atoms with Crippen molar-refractivity contribution in [2.24, 2.45) is 0 Å². The van der Waals surface area contributed by atoms with Crippen molar-refractivity contribution in [2.45, 2.75) is 193 Å². The lowest BCUT2D eigenvalue weighted by Crippen LogP contribution is -2.28. The molecule has 0 aromatic heterocycles. The molecule has 0 aliphatic heterocycles. The third kappa shape index (κ3) is 35.3. The van der Waals surface area contributed by atoms with Crippen molar-refractivity contribution >= 4 is 19.8 Å². The first-order valence-electron chi connectivity index (χ1n) is 20.3. The molecule has 3 N–H and O–H groups in total. The van der Waals surface area contributed by atoms with Gasteiger partial charge >= 0.3 is 19.8 Å². The minimum absolute atomic E-state index is 0.185. The molecule has 51 heavy (non-hydrogen) atoms. The van der Waals surface area contributed by atoms with Crippen molar-refractivity contribution in [1.29, 1.82) is 0 Å². The third-order valence-corrected chi connectivity index (χ3v) is 9.62. The molecule has 0 aromatic carbocycles. The van der Waals surface area contributed by atoms with E-state index in [1.165, 1.54) is 89.9 Å². The molecule has 0 aliphatic carbocycles. The second kappa shape index (κ2) is 36.8. The molecule has 0 radical (unpaired) electrons. The zero-order valence-electron chi connectivity index (χ0n) is 32.3. The predicted molar refractivity (Wildman–Crippen MR) is 205 cm³/mol. The molecule has 0 saturated carbocycles. The lowest BCUT2D eigenvalue weighted by molar-refractivity contribution is -0.153. The Balaban J connectivity index is 3.94. The van der Waals surface area contributed by atoms with Crippen LogP contribution in [-0.2, 0) is 32.7 Å². The van der Waals surface area contributed by atoms with Gasteiger partial charge in [0.15, 0.2) is 0 Å². The Hall–Kier alpha value is -1.55. The summed E-state index contributed by atoms with van der Waals surface area (Å²) in [5.41, 5.74) is 0. The molecule has 11 heteroatoms. The fraction of sp³-hybridized carbons (Fsp3) is 0.850. The van der Waals surface area contributed by atoms with Crippen LogP contribution in [0.2, 0.25) is 0 Å². The number of rotatable bonds is 38. The molecule has 3 atom stereocenters. The number of carbonyl (C=O) groups excluding carboxylic acids is 2. The van der Waals surface area contributed by atoms with E-state index in [0.29, 0.717) is 12.8 Å². The quantitative estimate of drug-likeness (QED) is 0.0241. The van der Waals surface area contributed by atoms with Crippen LogP contribution in [0.4, 0.5) is 0 Å². The van der Waals surface area contributed by atoms with Gasteiger partial charge in [-0.3, -0.25) is 18.6 Å². The monoisotopic (exact) mass is 747 g/mol. The summed E-state index contributed by atoms with van der Waals surface area (Å²) < 4.78 is 32.4. The maximum atomic E-state index is 12.3. The molecule has 0 spiro atoms. The molecule has 10 nitrogen and oxygen atoms in total. The smallest absolute Gasteiger partial charge is 0.457 e. The van der Waals surface area contributed by atoms with Gasteiger partial charge in [-0.2, -0.15) is 0 Å². The molecular formula is C40H75O10P. The van der Waals surface area contributed by atoms with Gasteiger partial charge in [0.25, 0.3) is 0 Å². The van der Waals surface area contributed by atoms with E-state index in [1.54, 1.807) is 0 Å². The summed E-state index contributed by atoms with van der Waals surface area (Å²) in [5.74, 6) is -1.03. The Morgan fingerprint density at radius 3 is 1.24 bits per heavy atom. The lowest BCUT2D eigenvalue weighted by atomic mass is 10.1. The fourth-order valence-corrected chi connectivity index (χ4v) is 6.28. The van der Waals surface area contributed by atoms with Crippen molar-refractivity contribution in [2.75, 3.05) is 26.4 Å². The van der Waals surface area contributed by atoms with E-state index < -0.39 is 58.4 Å². The van der Waals surface area contributed by atoms with Gasteiger partial charge in [0, 0.05) is 12.8 Å². The largest absolute Gasteiger partial charge is 0.472 e. The maximum absolute atomic E-state index is 12.3. The Kier molecular flexibility index (Phi) is 35.7. The molecule has 0 aromatic rings. The molecule has 0 aliphatic rings. The van der Waals surface area contributed by atoms with Crippen LogP contribution in [0.25, 0.3) is 0 Å². The number of hydrogen-bond acceptors (Lipinski definition) is 9. The summed E-state index contributed by atoms with van der Waals surface area (Å²) in [5, 5.41) is 19.1. The van der Waals surface area contributed by atoms with E-state index in [9.17, 15) is 29.3 Å². The number of ether oxygens (including phenoxy) is 2. The highest BCUT2D eigenvalue weighted by molar-refractivity contribution is 7.47. The summed E-state index contributed by atoms with van der Waals surface area (Å²) in [7, 11) is -4.63. The molecule has 0 heterocycles. The number of hydrogen-bond donors (Lipinski definition) is 3. The van der Waals surface area contributed by atoms with Gasteiger partial charge in [-0.1, -0.05) is 147 Å². The molecule has 3 unspecified atom stereocenters. The number of carbonyl (C=O) groups is 2. The Bertz CT molecular complexity index is 910. The fourth-order valence-electron chi connectivity index (χ4n) is 5.50. The average molecular weight is 747 g/mol. The van der Waals surface area contributed by atoms with Gasteiger partial charge in [-0.05, 0) is 44.9 Å². The van der Waals surface area contributed by atoms with Crippen LogP contribution in [0.1, 0.15) is 181 Å². The molecule has 0 bridgehead atoms. The van der Waals surface area contributed by atoms with E-state index >= 15 is 0 Å². The normalized spacial score (nSPS) is 14.2. The summed E-state index contributed by atoms with van der Waals surface area (Å²) in [6.45, 7) is 2.16. The van der Waals surface area contributed by atoms with Gasteiger partial charge in [0.2, 0.25) is 0 Å². The van der Waals surface area contributed by atoms with Gasteiger partial charge in [0.1, 0.15) is 12.2 Å². The zero-order chi connectivity index (χ0) is 37.7. The van der Waals surface area contributed by atoms with E-state index in [4.69, 9.17) is 18.5 Å². The molecule has 0 saturated heterocycles. The van der Waals surface area contributed by atoms with Crippen molar-refractivity contribution in [3.63, 3.8) is 0 Å². The van der Waals surface area contributed by atoms with E-state index in [-0.39, 0.29) is 12.8 Å². The maximum Gasteiger partial charge on any atom is 0.472 e. The number of aliphatic hydroxyl groups is 2. The number of unbranched alkanes of at least 4 members (excludes halogenated alkanes) is 20. The Morgan fingerprint density at radius 1 is 0.529 bits per heavy atom. The van der Waals surface area contributed by atoms with Crippen molar-refractivity contribution in [3.8, 4) is 0 Å². The van der Waals surface area contributed by atoms with Crippen molar-refractivity contribution < 1.29 is 47.8 Å². The number of esters is 2. The minimum atomic E-state index is -4.63. The second-order valence-electron chi connectivity index (χ2n) is 13.6. The highest BCUT2D eigenvalue weighted by Crippen LogP contribution is 2.43. The summed E-state index contributed by atoms with van der Waals surface area (Å²) in [4.78, 5) is 34.4. The molecular weight excluding hydrogens is 671 g/mol. The van der Waals surface area contributed by atoms with E-state index in [0.717, 1.165) is 51.4 Å². The number of allylic oxidation sites excluding steroid dienone is 4. The predicted octanol–water partition coefficient (Wildman–Crippen LogP) is 10.2. The van der Waals surface area contributed by atoms with Crippen LogP contribution in [0, 0.1) is 0 Å². The standard InChI is InChI=1S/C40H75O10P/c1-3-5-7-9-11-13-15-16-17-18-19-20-21-22-24-26-28-30-32-40(44)50-38(34-42)36-48-51(45,46)47-35-37(33-41)49-39(43)31-29-27-25-23-14-12-10-8-6-4-2/h13,15,17-18,37-38,41-42H,3-12,14,16,19-36H2,1-2H3,(H,45,46)/b15-13-,18-17-. The van der Waals surface area contributed by atoms with Crippen LogP contribution in [0.15, 0.2) is 24.3 Å². The highest BCUT2D eigenvalue weighted by Gasteiger charge is 2.27. The van der Waals surface area contributed by atoms with Gasteiger partial charge in [-0.15, -0.1) is 0 Å². The number of phosphoric ester groups is 1. The molecule has 0 fully saturated rings. The van der Waals surface area contributed by atoms with Crippen LogP contribution >= 0.6 is 7.82 Å². The molecule has 0 amide bonds. The van der Waals surface area contributed by atoms with Crippen molar-refractivity contribution in [1.82, 2.24) is 0 Å². The van der Waals surface area contributed by atoms with Crippen LogP contribution < -0.4 is 0 Å². The Labute approximate surface area is 310 Å². The third-order valence-electron chi connectivity index (χ3n) is 8.67. The zero-order valence-corrected chi connectivity index (χ0v) is 33.2. The van der Waals surface area contributed by atoms with Gasteiger partial charge in [-0.25, -0.2) is 4.57 Å². The van der Waals surface area contributed by atoms with E-state index in [1.807, 2.05) is 0 Å². The minimum Gasteiger partial charge on any atom is -0.457 e. The number of aliphatic hydroxyl groups excluding tert-OH is 2. The topological polar surface area (TPSA) is 149 Å². The first-order valence-corrected chi connectivity index (χ1v) is 21.8. The van der Waals surface area contributed by atoms with Gasteiger partial charge < -0.3 is 24.6 Å². The first kappa shape index (κ1) is 49.5. The molecule has 0 rings (SSSR count). The van der Waals surface area contributed by atoms with Gasteiger partial charge in [0.05, 0.1) is 26.4 Å². The van der Waals surface area contributed by atoms with Crippen LogP contribution in [0.5, 0.6) is 0 Å². The van der Waals surface area contributed by atoms with E-state index in [2.05, 4.69) is 38.2 Å². The van der Waals surface area contributed by atoms with Crippen LogP contribution in [0.3, 0.4) is 0 Å². The lowest BCUT2D eigenvalue weighted by Gasteiger charge is -2.20. The number of phosphoric acid groups is 1. The van der Waals surface area contributed by atoms with Crippen LogP contribution in [-0.4, -0.2) is 65.7 Å². The van der Waals surface area contributed by atoms with Crippen molar-refractivity contribution in [3.05, 3.63) is 24.3 Å². The summed E-state index contributed by atoms with van der Waals surface area (Å²) >= 11 is 0. The average Bonchev–Trinajstić information content (AvgIpc) is 3.12. The Morgan fingerprint density at radius 2 is 0.863 bits per heavy atom. The summed E-state index contributed by atoms with van der Waals surface area (Å²) in [6.07, 6.45) is 34.4. The summed E-state index contributed by atoms with van der Waals surface area (Å²) in [6, 6.07) is 0. The molecule has 300 valence electrons. The SMILES string of the molecule is CCCCCC/C=C\C/C=C\CCCCCCCCCC(=O)OC(CO)COP(=O)(O)OCC(CO)OC(=O)CCCCCCCCCCCC.